The maximum absolute atomic E-state index is 11.8. The number of amides is 1. The first-order chi connectivity index (χ1) is 8.40. The van der Waals surface area contributed by atoms with Crippen molar-refractivity contribution in [3.05, 3.63) is 21.7 Å². The maximum atomic E-state index is 11.8. The van der Waals surface area contributed by atoms with Crippen molar-refractivity contribution in [1.29, 1.82) is 0 Å². The summed E-state index contributed by atoms with van der Waals surface area (Å²) in [5.74, 6) is -0.133. The van der Waals surface area contributed by atoms with Gasteiger partial charge in [0.2, 0.25) is 11.9 Å². The fourth-order valence-electron chi connectivity index (χ4n) is 1.56. The minimum Gasteiger partial charge on any atom is -0.297 e. The van der Waals surface area contributed by atoms with Crippen molar-refractivity contribution in [1.82, 2.24) is 19.5 Å². The number of carbonyl (C=O) groups excluding carboxylic acids is 1. The Labute approximate surface area is 103 Å². The smallest absolute Gasteiger partial charge is 0.297 e. The van der Waals surface area contributed by atoms with E-state index in [4.69, 9.17) is 0 Å². The van der Waals surface area contributed by atoms with Crippen LogP contribution in [0.4, 0.5) is 5.95 Å². The molecule has 0 unspecified atom stereocenters. The van der Waals surface area contributed by atoms with Crippen molar-refractivity contribution in [2.24, 2.45) is 7.05 Å². The van der Waals surface area contributed by atoms with Crippen LogP contribution < -0.4 is 10.9 Å². The Bertz CT molecular complexity index is 705. The Hall–Kier alpha value is -2.31. The molecular formula is C11H13N5O2. The van der Waals surface area contributed by atoms with Gasteiger partial charge in [0.1, 0.15) is 0 Å². The summed E-state index contributed by atoms with van der Waals surface area (Å²) in [5, 5.41) is 2.49. The third-order valence-corrected chi connectivity index (χ3v) is 2.62. The molecule has 0 radical (unpaired) electrons. The van der Waals surface area contributed by atoms with E-state index in [2.05, 4.69) is 20.3 Å². The van der Waals surface area contributed by atoms with Gasteiger partial charge in [0.05, 0.1) is 11.4 Å². The first-order valence-corrected chi connectivity index (χ1v) is 5.39. The number of nitrogens with zero attached hydrogens (tertiary/aromatic N) is 4. The summed E-state index contributed by atoms with van der Waals surface area (Å²) in [6.07, 6.45) is 0. The zero-order valence-corrected chi connectivity index (χ0v) is 10.6. The zero-order chi connectivity index (χ0) is 13.4. The molecule has 7 nitrogen and oxygen atoms in total. The van der Waals surface area contributed by atoms with E-state index in [0.717, 1.165) is 5.69 Å². The van der Waals surface area contributed by atoms with Crippen LogP contribution in [0.25, 0.3) is 11.2 Å². The Morgan fingerprint density at radius 1 is 1.17 bits per heavy atom. The van der Waals surface area contributed by atoms with Gasteiger partial charge >= 0.3 is 5.56 Å². The highest BCUT2D eigenvalue weighted by atomic mass is 16.2. The van der Waals surface area contributed by atoms with Crippen LogP contribution in [0.5, 0.6) is 0 Å². The van der Waals surface area contributed by atoms with Crippen LogP contribution in [0.2, 0.25) is 0 Å². The number of aromatic nitrogens is 4. The van der Waals surface area contributed by atoms with E-state index in [1.807, 2.05) is 6.92 Å². The van der Waals surface area contributed by atoms with E-state index >= 15 is 0 Å². The van der Waals surface area contributed by atoms with Crippen LogP contribution in [0.15, 0.2) is 4.79 Å². The summed E-state index contributed by atoms with van der Waals surface area (Å²) < 4.78 is 1.54. The lowest BCUT2D eigenvalue weighted by molar-refractivity contribution is -0.114. The Morgan fingerprint density at radius 2 is 1.78 bits per heavy atom. The summed E-state index contributed by atoms with van der Waals surface area (Å²) in [6, 6.07) is 0. The molecule has 0 saturated carbocycles. The fourth-order valence-corrected chi connectivity index (χ4v) is 1.56. The summed E-state index contributed by atoms with van der Waals surface area (Å²) in [5.41, 5.74) is 1.53. The van der Waals surface area contributed by atoms with E-state index < -0.39 is 5.56 Å². The SMILES string of the molecule is CC(=O)Nc1nc(=O)c2nc(C)c(C)nc2n1C. The van der Waals surface area contributed by atoms with Crippen LogP contribution in [0, 0.1) is 13.8 Å². The zero-order valence-electron chi connectivity index (χ0n) is 10.6. The van der Waals surface area contributed by atoms with Crippen LogP contribution in [-0.4, -0.2) is 25.4 Å². The first-order valence-electron chi connectivity index (χ1n) is 5.39. The molecule has 0 aliphatic rings. The van der Waals surface area contributed by atoms with Gasteiger partial charge in [0.25, 0.3) is 0 Å². The van der Waals surface area contributed by atoms with E-state index in [1.165, 1.54) is 11.5 Å². The van der Waals surface area contributed by atoms with Crippen molar-refractivity contribution in [3.8, 4) is 0 Å². The number of nitrogens with one attached hydrogen (secondary N) is 1. The molecule has 94 valence electrons. The van der Waals surface area contributed by atoms with E-state index in [1.54, 1.807) is 14.0 Å². The van der Waals surface area contributed by atoms with Crippen LogP contribution in [0.1, 0.15) is 18.3 Å². The molecule has 0 saturated heterocycles. The molecule has 2 heterocycles. The molecular weight excluding hydrogens is 234 g/mol. The van der Waals surface area contributed by atoms with Crippen molar-refractivity contribution < 1.29 is 4.79 Å². The number of carbonyl (C=O) groups is 1. The summed E-state index contributed by atoms with van der Waals surface area (Å²) in [7, 11) is 1.67. The number of rotatable bonds is 1. The predicted octanol–water partition coefficient (Wildman–Crippen LogP) is 0.299. The number of fused-ring (bicyclic) bond motifs is 1. The van der Waals surface area contributed by atoms with Gasteiger partial charge in [0, 0.05) is 14.0 Å². The number of hydrogen-bond donors (Lipinski definition) is 1. The average molecular weight is 247 g/mol. The van der Waals surface area contributed by atoms with Gasteiger partial charge in [-0.2, -0.15) is 4.98 Å². The molecule has 0 aliphatic carbocycles. The molecule has 0 bridgehead atoms. The third kappa shape index (κ3) is 1.94. The molecule has 2 aromatic heterocycles. The topological polar surface area (TPSA) is 89.8 Å². The lowest BCUT2D eigenvalue weighted by atomic mass is 10.3. The predicted molar refractivity (Wildman–Crippen MR) is 66.4 cm³/mol. The second kappa shape index (κ2) is 4.17. The lowest BCUT2D eigenvalue weighted by Gasteiger charge is -2.10. The lowest BCUT2D eigenvalue weighted by Crippen LogP contribution is -2.22. The summed E-state index contributed by atoms with van der Waals surface area (Å²) in [4.78, 5) is 35.1. The molecule has 0 atom stereocenters. The van der Waals surface area contributed by atoms with Crippen molar-refractivity contribution in [3.63, 3.8) is 0 Å². The largest absolute Gasteiger partial charge is 0.302 e. The number of anilines is 1. The van der Waals surface area contributed by atoms with E-state index in [-0.39, 0.29) is 17.4 Å². The highest BCUT2D eigenvalue weighted by Gasteiger charge is 2.12. The van der Waals surface area contributed by atoms with Crippen LogP contribution in [-0.2, 0) is 11.8 Å². The quantitative estimate of drug-likeness (QED) is 0.782. The second-order valence-electron chi connectivity index (χ2n) is 4.05. The fraction of sp³-hybridized carbons (Fsp3) is 0.364. The van der Waals surface area contributed by atoms with Crippen LogP contribution >= 0.6 is 0 Å². The Balaban J connectivity index is 2.81. The number of aryl methyl sites for hydroxylation is 3. The summed E-state index contributed by atoms with van der Waals surface area (Å²) >= 11 is 0. The minimum absolute atomic E-state index is 0.164. The molecule has 1 amide bonds. The second-order valence-corrected chi connectivity index (χ2v) is 4.05. The molecule has 18 heavy (non-hydrogen) atoms. The summed E-state index contributed by atoms with van der Waals surface area (Å²) in [6.45, 7) is 4.94. The molecule has 7 heteroatoms. The Morgan fingerprint density at radius 3 is 2.39 bits per heavy atom. The first kappa shape index (κ1) is 12.2. The Kier molecular flexibility index (Phi) is 2.82. The van der Waals surface area contributed by atoms with Gasteiger partial charge in [-0.3, -0.25) is 19.5 Å². The normalized spacial score (nSPS) is 10.7. The molecule has 0 aromatic carbocycles. The number of hydrogen-bond acceptors (Lipinski definition) is 5. The van der Waals surface area contributed by atoms with Crippen molar-refractivity contribution >= 4 is 23.0 Å². The van der Waals surface area contributed by atoms with E-state index in [9.17, 15) is 9.59 Å². The van der Waals surface area contributed by atoms with Gasteiger partial charge in [-0.1, -0.05) is 0 Å². The van der Waals surface area contributed by atoms with Crippen LogP contribution in [0.3, 0.4) is 0 Å². The standard InChI is InChI=1S/C11H13N5O2/c1-5-6(2)13-9-8(12-5)10(18)15-11(16(9)4)14-7(3)17/h1-4H3,(H,14,15,17,18). The monoisotopic (exact) mass is 247 g/mol. The van der Waals surface area contributed by atoms with Gasteiger partial charge in [-0.05, 0) is 13.8 Å². The molecule has 0 fully saturated rings. The van der Waals surface area contributed by atoms with E-state index in [0.29, 0.717) is 11.3 Å². The molecule has 2 rings (SSSR count). The van der Waals surface area contributed by atoms with Gasteiger partial charge in [-0.25, -0.2) is 9.97 Å². The highest BCUT2D eigenvalue weighted by Crippen LogP contribution is 2.11. The van der Waals surface area contributed by atoms with Gasteiger partial charge in [0.15, 0.2) is 11.2 Å². The van der Waals surface area contributed by atoms with Gasteiger partial charge < -0.3 is 0 Å². The van der Waals surface area contributed by atoms with Crippen molar-refractivity contribution in [2.75, 3.05) is 5.32 Å². The minimum atomic E-state index is -0.498. The molecule has 0 spiro atoms. The van der Waals surface area contributed by atoms with Gasteiger partial charge in [-0.15, -0.1) is 0 Å². The maximum Gasteiger partial charge on any atom is 0.302 e. The highest BCUT2D eigenvalue weighted by molar-refractivity contribution is 5.87. The average Bonchev–Trinajstić information content (AvgIpc) is 2.28. The van der Waals surface area contributed by atoms with Crippen molar-refractivity contribution in [2.45, 2.75) is 20.8 Å². The molecule has 1 N–H and O–H groups in total. The third-order valence-electron chi connectivity index (χ3n) is 2.62. The molecule has 2 aromatic rings. The molecule has 0 aliphatic heterocycles.